The Bertz CT molecular complexity index is 1840. The summed E-state index contributed by atoms with van der Waals surface area (Å²) in [5, 5.41) is 6.55. The van der Waals surface area contributed by atoms with Crippen LogP contribution in [0.2, 0.25) is 0 Å². The van der Waals surface area contributed by atoms with Gasteiger partial charge >= 0.3 is 12.1 Å². The standard InChI is InChI=1S/C43H55N3O7S/c1-42(2,3)52-40(48)36(45-41(49)53-43(4,5)6)29-38(47)44-22-11-26-50-33-20-16-31(17-21-33)39-35(34-12-7-8-13-37(34)54-39)28-30-14-18-32(19-15-30)51-27-25-46-23-9-10-24-46/h7-8,12-21,36H,9-11,22-29H2,1-6H3,(H,44,47)(H,45,49). The molecule has 290 valence electrons. The number of carbonyl (C=O) groups excluding carboxylic acids is 3. The van der Waals surface area contributed by atoms with Gasteiger partial charge in [0.05, 0.1) is 13.0 Å². The van der Waals surface area contributed by atoms with Gasteiger partial charge in [-0.3, -0.25) is 9.69 Å². The second-order valence-electron chi connectivity index (χ2n) is 15.6. The van der Waals surface area contributed by atoms with Crippen molar-refractivity contribution >= 4 is 39.4 Å². The molecule has 1 aliphatic heterocycles. The fourth-order valence-electron chi connectivity index (χ4n) is 6.18. The number of rotatable bonds is 16. The highest BCUT2D eigenvalue weighted by molar-refractivity contribution is 7.22. The minimum Gasteiger partial charge on any atom is -0.494 e. The molecule has 0 radical (unpaired) electrons. The van der Waals surface area contributed by atoms with Crippen LogP contribution in [0.1, 0.15) is 78.4 Å². The van der Waals surface area contributed by atoms with Crippen LogP contribution in [0.3, 0.4) is 0 Å². The molecule has 0 spiro atoms. The molecule has 1 aliphatic rings. The highest BCUT2D eigenvalue weighted by Crippen LogP contribution is 2.40. The van der Waals surface area contributed by atoms with Crippen LogP contribution in [0.15, 0.2) is 72.8 Å². The number of esters is 1. The molecule has 4 aromatic rings. The molecule has 1 saturated heterocycles. The molecule has 3 aromatic carbocycles. The maximum absolute atomic E-state index is 12.8. The van der Waals surface area contributed by atoms with Gasteiger partial charge in [0.1, 0.15) is 35.3 Å². The number of carbonyl (C=O) groups is 3. The fraction of sp³-hybridized carbons (Fsp3) is 0.465. The van der Waals surface area contributed by atoms with Crippen molar-refractivity contribution in [3.63, 3.8) is 0 Å². The summed E-state index contributed by atoms with van der Waals surface area (Å²) in [6.07, 6.45) is 2.86. The number of amides is 2. The predicted molar refractivity (Wildman–Crippen MR) is 214 cm³/mol. The van der Waals surface area contributed by atoms with Gasteiger partial charge in [-0.25, -0.2) is 9.59 Å². The summed E-state index contributed by atoms with van der Waals surface area (Å²) in [5.41, 5.74) is 2.12. The Kier molecular flexibility index (Phi) is 14.0. The number of ether oxygens (including phenoxy) is 4. The van der Waals surface area contributed by atoms with Crippen LogP contribution in [0, 0.1) is 0 Å². The van der Waals surface area contributed by atoms with Crippen molar-refractivity contribution in [1.82, 2.24) is 15.5 Å². The lowest BCUT2D eigenvalue weighted by atomic mass is 9.99. The van der Waals surface area contributed by atoms with E-state index in [-0.39, 0.29) is 6.42 Å². The van der Waals surface area contributed by atoms with Crippen LogP contribution < -0.4 is 20.1 Å². The molecule has 0 saturated carbocycles. The molecular formula is C43H55N3O7S. The first-order valence-electron chi connectivity index (χ1n) is 18.9. The highest BCUT2D eigenvalue weighted by Gasteiger charge is 2.30. The third kappa shape index (κ3) is 12.8. The third-order valence-corrected chi connectivity index (χ3v) is 9.94. The number of hydrogen-bond acceptors (Lipinski definition) is 9. The Labute approximate surface area is 323 Å². The second-order valence-corrected chi connectivity index (χ2v) is 16.7. The van der Waals surface area contributed by atoms with Crippen molar-refractivity contribution in [1.29, 1.82) is 0 Å². The van der Waals surface area contributed by atoms with E-state index in [1.165, 1.54) is 52.0 Å². The van der Waals surface area contributed by atoms with Crippen molar-refractivity contribution in [2.45, 2.75) is 90.9 Å². The molecule has 0 bridgehead atoms. The van der Waals surface area contributed by atoms with Gasteiger partial charge in [-0.2, -0.15) is 0 Å². The van der Waals surface area contributed by atoms with Crippen LogP contribution in [0.25, 0.3) is 20.5 Å². The number of nitrogens with one attached hydrogen (secondary N) is 2. The minimum absolute atomic E-state index is 0.283. The first-order valence-corrected chi connectivity index (χ1v) is 19.7. The predicted octanol–water partition coefficient (Wildman–Crippen LogP) is 8.14. The topological polar surface area (TPSA) is 115 Å². The first kappa shape index (κ1) is 40.6. The van der Waals surface area contributed by atoms with Crippen LogP contribution in [0.5, 0.6) is 11.5 Å². The SMILES string of the molecule is CC(C)(C)OC(=O)NC(CC(=O)NCCCOc1ccc(-c2sc3ccccc3c2Cc2ccc(OCCN3CCCC3)cc2)cc1)C(=O)OC(C)(C)C. The summed E-state index contributed by atoms with van der Waals surface area (Å²) in [7, 11) is 0. The lowest BCUT2D eigenvalue weighted by molar-refractivity contribution is -0.158. The Morgan fingerprint density at radius 2 is 1.43 bits per heavy atom. The van der Waals surface area contributed by atoms with Gasteiger partial charge in [0.2, 0.25) is 5.91 Å². The zero-order valence-electron chi connectivity index (χ0n) is 32.5. The normalized spacial score (nSPS) is 14.0. The zero-order valence-corrected chi connectivity index (χ0v) is 33.3. The van der Waals surface area contributed by atoms with E-state index in [4.69, 9.17) is 18.9 Å². The molecule has 2 heterocycles. The monoisotopic (exact) mass is 757 g/mol. The van der Waals surface area contributed by atoms with E-state index in [1.807, 2.05) is 12.1 Å². The Balaban J connectivity index is 1.12. The van der Waals surface area contributed by atoms with E-state index >= 15 is 0 Å². The maximum Gasteiger partial charge on any atom is 0.408 e. The first-order chi connectivity index (χ1) is 25.7. The Morgan fingerprint density at radius 1 is 0.796 bits per heavy atom. The summed E-state index contributed by atoms with van der Waals surface area (Å²) >= 11 is 1.80. The summed E-state index contributed by atoms with van der Waals surface area (Å²) in [6.45, 7) is 15.1. The van der Waals surface area contributed by atoms with Crippen molar-refractivity contribution in [3.8, 4) is 21.9 Å². The smallest absolute Gasteiger partial charge is 0.408 e. The quantitative estimate of drug-likeness (QED) is 0.0870. The second kappa shape index (κ2) is 18.6. The summed E-state index contributed by atoms with van der Waals surface area (Å²) in [5.74, 6) is 0.536. The van der Waals surface area contributed by atoms with Gasteiger partial charge in [-0.05, 0) is 145 Å². The van der Waals surface area contributed by atoms with Crippen LogP contribution in [-0.2, 0) is 25.5 Å². The number of thiophene rings is 1. The summed E-state index contributed by atoms with van der Waals surface area (Å²) < 4.78 is 24.0. The van der Waals surface area contributed by atoms with Gasteiger partial charge in [0, 0.05) is 22.7 Å². The van der Waals surface area contributed by atoms with E-state index in [9.17, 15) is 14.4 Å². The largest absolute Gasteiger partial charge is 0.494 e. The lowest BCUT2D eigenvalue weighted by Gasteiger charge is -2.26. The molecule has 1 fully saturated rings. The van der Waals surface area contributed by atoms with Gasteiger partial charge < -0.3 is 29.6 Å². The van der Waals surface area contributed by atoms with Gasteiger partial charge in [0.15, 0.2) is 0 Å². The molecule has 2 amide bonds. The number of likely N-dealkylation sites (tertiary alicyclic amines) is 1. The van der Waals surface area contributed by atoms with E-state index in [2.05, 4.69) is 76.2 Å². The van der Waals surface area contributed by atoms with E-state index < -0.39 is 35.2 Å². The number of benzene rings is 3. The van der Waals surface area contributed by atoms with Crippen LogP contribution >= 0.6 is 11.3 Å². The van der Waals surface area contributed by atoms with Crippen LogP contribution in [-0.4, -0.2) is 79.5 Å². The molecule has 11 heteroatoms. The van der Waals surface area contributed by atoms with E-state index in [1.54, 1.807) is 52.9 Å². The number of nitrogens with zero attached hydrogens (tertiary/aromatic N) is 1. The average Bonchev–Trinajstić information content (AvgIpc) is 3.76. The van der Waals surface area contributed by atoms with Gasteiger partial charge in [-0.1, -0.05) is 30.3 Å². The lowest BCUT2D eigenvalue weighted by Crippen LogP contribution is -2.48. The molecule has 0 aliphatic carbocycles. The van der Waals surface area contributed by atoms with Gasteiger partial charge in [-0.15, -0.1) is 11.3 Å². The average molecular weight is 758 g/mol. The molecule has 2 N–H and O–H groups in total. The molecular weight excluding hydrogens is 703 g/mol. The third-order valence-electron chi connectivity index (χ3n) is 8.68. The van der Waals surface area contributed by atoms with Crippen molar-refractivity contribution in [2.75, 3.05) is 39.4 Å². The van der Waals surface area contributed by atoms with E-state index in [0.717, 1.165) is 30.0 Å². The molecule has 54 heavy (non-hydrogen) atoms. The molecule has 1 aromatic heterocycles. The fourth-order valence-corrected chi connectivity index (χ4v) is 7.41. The van der Waals surface area contributed by atoms with Crippen LogP contribution in [0.4, 0.5) is 4.79 Å². The molecule has 1 unspecified atom stereocenters. The summed E-state index contributed by atoms with van der Waals surface area (Å²) in [6, 6.07) is 24.0. The van der Waals surface area contributed by atoms with Crippen molar-refractivity contribution < 1.29 is 33.3 Å². The molecule has 1 atom stereocenters. The van der Waals surface area contributed by atoms with Gasteiger partial charge in [0.25, 0.3) is 0 Å². The number of fused-ring (bicyclic) bond motifs is 1. The molecule has 5 rings (SSSR count). The van der Waals surface area contributed by atoms with E-state index in [0.29, 0.717) is 26.2 Å². The Morgan fingerprint density at radius 3 is 2.09 bits per heavy atom. The Hall–Kier alpha value is -4.61. The minimum atomic E-state index is -1.19. The highest BCUT2D eigenvalue weighted by atomic mass is 32.1. The molecule has 10 nitrogen and oxygen atoms in total. The number of alkyl carbamates (subject to hydrolysis) is 1. The van der Waals surface area contributed by atoms with Crippen molar-refractivity contribution in [2.24, 2.45) is 0 Å². The van der Waals surface area contributed by atoms with Crippen molar-refractivity contribution in [3.05, 3.63) is 83.9 Å². The maximum atomic E-state index is 12.8. The summed E-state index contributed by atoms with van der Waals surface area (Å²) in [4.78, 5) is 41.6. The number of hydrogen-bond donors (Lipinski definition) is 2. The zero-order chi connectivity index (χ0) is 38.7.